The lowest BCUT2D eigenvalue weighted by Gasteiger charge is -2.12. The average molecular weight is 432 g/mol. The van der Waals surface area contributed by atoms with Crippen LogP contribution in [0.3, 0.4) is 0 Å². The number of benzene rings is 2. The minimum atomic E-state index is -0.238. The second-order valence-electron chi connectivity index (χ2n) is 7.59. The van der Waals surface area contributed by atoms with Gasteiger partial charge in [-0.15, -0.1) is 11.3 Å². The van der Waals surface area contributed by atoms with Crippen LogP contribution >= 0.6 is 11.3 Å². The number of thiophene rings is 1. The van der Waals surface area contributed by atoms with E-state index >= 15 is 0 Å². The van der Waals surface area contributed by atoms with Gasteiger partial charge in [-0.05, 0) is 61.4 Å². The SMILES string of the molecule is CN(C)CCNc1ccc2cc(C(=O)Nc3cc(-c4cccs4)ccc3N)cnc2c1. The summed E-state index contributed by atoms with van der Waals surface area (Å²) in [4.78, 5) is 20.6. The van der Waals surface area contributed by atoms with Gasteiger partial charge in [-0.1, -0.05) is 18.2 Å². The molecule has 0 aliphatic carbocycles. The molecule has 2 heterocycles. The molecule has 0 atom stereocenters. The van der Waals surface area contributed by atoms with Crippen LogP contribution in [0.4, 0.5) is 17.1 Å². The lowest BCUT2D eigenvalue weighted by Crippen LogP contribution is -2.20. The predicted octanol–water partition coefficient (Wildman–Crippen LogP) is 4.77. The third kappa shape index (κ3) is 5.02. The Hall–Kier alpha value is -3.42. The molecule has 0 spiro atoms. The Morgan fingerprint density at radius 1 is 1.13 bits per heavy atom. The van der Waals surface area contributed by atoms with Crippen LogP contribution in [0.15, 0.2) is 66.2 Å². The molecule has 0 bridgehead atoms. The molecule has 0 unspecified atom stereocenters. The first-order valence-electron chi connectivity index (χ1n) is 10.0. The van der Waals surface area contributed by atoms with Crippen LogP contribution in [0.2, 0.25) is 0 Å². The molecule has 0 saturated carbocycles. The second kappa shape index (κ2) is 9.16. The molecule has 0 radical (unpaired) electrons. The first-order valence-corrected chi connectivity index (χ1v) is 10.9. The van der Waals surface area contributed by atoms with Crippen molar-refractivity contribution in [2.45, 2.75) is 0 Å². The van der Waals surface area contributed by atoms with Gasteiger partial charge in [-0.2, -0.15) is 0 Å². The Labute approximate surface area is 185 Å². The molecule has 7 heteroatoms. The Kier molecular flexibility index (Phi) is 6.16. The number of hydrogen-bond acceptors (Lipinski definition) is 6. The van der Waals surface area contributed by atoms with Gasteiger partial charge >= 0.3 is 0 Å². The summed E-state index contributed by atoms with van der Waals surface area (Å²) in [6, 6.07) is 17.5. The molecule has 2 aromatic carbocycles. The van der Waals surface area contributed by atoms with Gasteiger partial charge in [0.1, 0.15) is 0 Å². The quantitative estimate of drug-likeness (QED) is 0.367. The van der Waals surface area contributed by atoms with Crippen molar-refractivity contribution in [1.29, 1.82) is 0 Å². The number of hydrogen-bond donors (Lipinski definition) is 3. The minimum Gasteiger partial charge on any atom is -0.397 e. The van der Waals surface area contributed by atoms with Gasteiger partial charge in [0, 0.05) is 35.2 Å². The van der Waals surface area contributed by atoms with Gasteiger partial charge in [-0.25, -0.2) is 0 Å². The number of nitrogens with one attached hydrogen (secondary N) is 2. The van der Waals surface area contributed by atoms with Crippen LogP contribution in [-0.4, -0.2) is 43.0 Å². The molecular weight excluding hydrogens is 406 g/mol. The van der Waals surface area contributed by atoms with E-state index in [1.807, 2.05) is 74.1 Å². The van der Waals surface area contributed by atoms with Crippen LogP contribution in [0.1, 0.15) is 10.4 Å². The summed E-state index contributed by atoms with van der Waals surface area (Å²) in [7, 11) is 4.09. The molecule has 31 heavy (non-hydrogen) atoms. The fourth-order valence-corrected chi connectivity index (χ4v) is 3.96. The molecule has 4 aromatic rings. The zero-order chi connectivity index (χ0) is 21.8. The third-order valence-electron chi connectivity index (χ3n) is 4.94. The number of fused-ring (bicyclic) bond motifs is 1. The maximum Gasteiger partial charge on any atom is 0.257 e. The topological polar surface area (TPSA) is 83.3 Å². The van der Waals surface area contributed by atoms with E-state index in [2.05, 4.69) is 20.5 Å². The number of carbonyl (C=O) groups excluding carboxylic acids is 1. The largest absolute Gasteiger partial charge is 0.397 e. The maximum absolute atomic E-state index is 12.9. The van der Waals surface area contributed by atoms with Gasteiger partial charge in [0.05, 0.1) is 22.5 Å². The van der Waals surface area contributed by atoms with Crippen LogP contribution in [0, 0.1) is 0 Å². The van der Waals surface area contributed by atoms with Crippen molar-refractivity contribution in [3.05, 3.63) is 71.7 Å². The lowest BCUT2D eigenvalue weighted by atomic mass is 10.1. The molecule has 4 rings (SSSR count). The third-order valence-corrected chi connectivity index (χ3v) is 5.86. The van der Waals surface area contributed by atoms with Crippen LogP contribution in [0.25, 0.3) is 21.3 Å². The zero-order valence-corrected chi connectivity index (χ0v) is 18.4. The number of nitrogens with two attached hydrogens (primary N) is 1. The zero-order valence-electron chi connectivity index (χ0n) is 17.6. The number of likely N-dealkylation sites (N-methyl/N-ethyl adjacent to an activating group) is 1. The highest BCUT2D eigenvalue weighted by Gasteiger charge is 2.11. The van der Waals surface area contributed by atoms with E-state index < -0.39 is 0 Å². The number of nitrogen functional groups attached to an aromatic ring is 1. The van der Waals surface area contributed by atoms with Crippen molar-refractivity contribution >= 4 is 45.2 Å². The number of anilines is 3. The van der Waals surface area contributed by atoms with Crippen molar-refractivity contribution in [2.24, 2.45) is 0 Å². The first kappa shape index (κ1) is 20.8. The Bertz CT molecular complexity index is 1200. The van der Waals surface area contributed by atoms with Crippen molar-refractivity contribution in [3.8, 4) is 10.4 Å². The van der Waals surface area contributed by atoms with E-state index in [0.29, 0.717) is 16.9 Å². The molecule has 0 fully saturated rings. The first-order chi connectivity index (χ1) is 15.0. The molecule has 2 aromatic heterocycles. The Morgan fingerprint density at radius 2 is 2.00 bits per heavy atom. The number of pyridine rings is 1. The van der Waals surface area contributed by atoms with E-state index in [4.69, 9.17) is 5.73 Å². The monoisotopic (exact) mass is 431 g/mol. The predicted molar refractivity (Wildman–Crippen MR) is 131 cm³/mol. The molecule has 1 amide bonds. The Morgan fingerprint density at radius 3 is 2.77 bits per heavy atom. The summed E-state index contributed by atoms with van der Waals surface area (Å²) in [6.07, 6.45) is 1.60. The van der Waals surface area contributed by atoms with Gasteiger partial charge in [0.25, 0.3) is 5.91 Å². The lowest BCUT2D eigenvalue weighted by molar-refractivity contribution is 0.102. The maximum atomic E-state index is 12.9. The molecule has 0 aliphatic heterocycles. The normalized spacial score (nSPS) is 11.1. The van der Waals surface area contributed by atoms with E-state index in [9.17, 15) is 4.79 Å². The second-order valence-corrected chi connectivity index (χ2v) is 8.54. The summed E-state index contributed by atoms with van der Waals surface area (Å²) in [5, 5.41) is 9.24. The fraction of sp³-hybridized carbons (Fsp3) is 0.167. The molecule has 0 aliphatic rings. The molecule has 0 saturated heterocycles. The van der Waals surface area contributed by atoms with Gasteiger partial charge in [0.2, 0.25) is 0 Å². The van der Waals surface area contributed by atoms with Crippen LogP contribution in [-0.2, 0) is 0 Å². The smallest absolute Gasteiger partial charge is 0.257 e. The minimum absolute atomic E-state index is 0.238. The van der Waals surface area contributed by atoms with Gasteiger partial charge < -0.3 is 21.3 Å². The van der Waals surface area contributed by atoms with Gasteiger partial charge in [0.15, 0.2) is 0 Å². The van der Waals surface area contributed by atoms with E-state index in [1.54, 1.807) is 17.5 Å². The number of amides is 1. The highest BCUT2D eigenvalue weighted by Crippen LogP contribution is 2.30. The fourth-order valence-electron chi connectivity index (χ4n) is 3.23. The highest BCUT2D eigenvalue weighted by atomic mass is 32.1. The summed E-state index contributed by atoms with van der Waals surface area (Å²) in [5.74, 6) is -0.238. The average Bonchev–Trinajstić information content (AvgIpc) is 3.29. The molecular formula is C24H25N5OS. The number of rotatable bonds is 7. The standard InChI is InChI=1S/C24H25N5OS/c1-29(2)10-9-26-19-7-5-16-12-18(15-27-21(16)14-19)24(30)28-22-13-17(6-8-20(22)25)23-4-3-11-31-23/h3-8,11-15,26H,9-10,25H2,1-2H3,(H,28,30). The van der Waals surface area contributed by atoms with Gasteiger partial charge in [-0.3, -0.25) is 9.78 Å². The van der Waals surface area contributed by atoms with E-state index in [0.717, 1.165) is 40.1 Å². The van der Waals surface area contributed by atoms with Crippen LogP contribution in [0.5, 0.6) is 0 Å². The number of nitrogens with zero attached hydrogens (tertiary/aromatic N) is 2. The molecule has 158 valence electrons. The summed E-state index contributed by atoms with van der Waals surface area (Å²) in [5.41, 5.74) is 10.6. The molecule has 6 nitrogen and oxygen atoms in total. The summed E-state index contributed by atoms with van der Waals surface area (Å²) >= 11 is 1.64. The van der Waals surface area contributed by atoms with Crippen molar-refractivity contribution in [3.63, 3.8) is 0 Å². The van der Waals surface area contributed by atoms with E-state index in [1.165, 1.54) is 0 Å². The van der Waals surface area contributed by atoms with Crippen LogP contribution < -0.4 is 16.4 Å². The van der Waals surface area contributed by atoms with Crippen molar-refractivity contribution in [2.75, 3.05) is 43.6 Å². The Balaban J connectivity index is 1.51. The van der Waals surface area contributed by atoms with E-state index in [-0.39, 0.29) is 5.91 Å². The summed E-state index contributed by atoms with van der Waals surface area (Å²) < 4.78 is 0. The number of aromatic nitrogens is 1. The molecule has 4 N–H and O–H groups in total. The van der Waals surface area contributed by atoms with Crippen molar-refractivity contribution < 1.29 is 4.79 Å². The van der Waals surface area contributed by atoms with Crippen molar-refractivity contribution in [1.82, 2.24) is 9.88 Å². The number of carbonyl (C=O) groups is 1. The summed E-state index contributed by atoms with van der Waals surface area (Å²) in [6.45, 7) is 1.80. The highest BCUT2D eigenvalue weighted by molar-refractivity contribution is 7.13.